The molecule has 5 heteroatoms. The molecule has 0 saturated carbocycles. The highest BCUT2D eigenvalue weighted by Crippen LogP contribution is 2.22. The average Bonchev–Trinajstić information content (AvgIpc) is 2.27. The van der Waals surface area contributed by atoms with E-state index in [-0.39, 0.29) is 10.7 Å². The Kier molecular flexibility index (Phi) is 3.42. The number of rotatable bonds is 2. The number of allylic oxidation sites excluding steroid dienone is 2. The second kappa shape index (κ2) is 4.58. The van der Waals surface area contributed by atoms with Crippen LogP contribution >= 0.6 is 11.6 Å². The van der Waals surface area contributed by atoms with Crippen molar-refractivity contribution in [2.24, 2.45) is 0 Å². The van der Waals surface area contributed by atoms with Crippen molar-refractivity contribution in [1.82, 2.24) is 0 Å². The first-order chi connectivity index (χ1) is 7.06. The standard InChI is InChI=1S/C10H7ClN2O2/c1-7(10(11)6-12)8-2-4-9(5-3-8)13(14)15/h2-5H,1H3/b10-7-. The van der Waals surface area contributed by atoms with Gasteiger partial charge in [0, 0.05) is 12.1 Å². The van der Waals surface area contributed by atoms with Crippen molar-refractivity contribution in [2.75, 3.05) is 0 Å². The number of nitrogens with zero attached hydrogens (tertiary/aromatic N) is 2. The molecule has 0 bridgehead atoms. The smallest absolute Gasteiger partial charge is 0.258 e. The van der Waals surface area contributed by atoms with Crippen molar-refractivity contribution in [3.05, 3.63) is 45.0 Å². The third-order valence-corrected chi connectivity index (χ3v) is 2.31. The number of nitro groups is 1. The normalized spacial score (nSPS) is 11.5. The molecule has 4 nitrogen and oxygen atoms in total. The van der Waals surface area contributed by atoms with Gasteiger partial charge in [-0.15, -0.1) is 0 Å². The maximum absolute atomic E-state index is 10.4. The molecule has 0 N–H and O–H groups in total. The van der Waals surface area contributed by atoms with Crippen LogP contribution in [0, 0.1) is 21.4 Å². The Morgan fingerprint density at radius 2 is 2.00 bits per heavy atom. The summed E-state index contributed by atoms with van der Waals surface area (Å²) < 4.78 is 0. The van der Waals surface area contributed by atoms with Gasteiger partial charge in [0.1, 0.15) is 11.1 Å². The van der Waals surface area contributed by atoms with Gasteiger partial charge >= 0.3 is 0 Å². The van der Waals surface area contributed by atoms with Gasteiger partial charge in [0.15, 0.2) is 0 Å². The quantitative estimate of drug-likeness (QED) is 0.439. The Morgan fingerprint density at radius 1 is 1.47 bits per heavy atom. The largest absolute Gasteiger partial charge is 0.269 e. The first kappa shape index (κ1) is 11.2. The molecule has 0 atom stereocenters. The van der Waals surface area contributed by atoms with Crippen LogP contribution in [-0.4, -0.2) is 4.92 Å². The summed E-state index contributed by atoms with van der Waals surface area (Å²) >= 11 is 5.64. The zero-order valence-electron chi connectivity index (χ0n) is 7.90. The predicted molar refractivity (Wildman–Crippen MR) is 57.2 cm³/mol. The van der Waals surface area contributed by atoms with Gasteiger partial charge in [0.2, 0.25) is 0 Å². The molecule has 0 saturated heterocycles. The summed E-state index contributed by atoms with van der Waals surface area (Å²) in [6.45, 7) is 1.69. The van der Waals surface area contributed by atoms with Crippen molar-refractivity contribution in [2.45, 2.75) is 6.92 Å². The number of hydrogen-bond donors (Lipinski definition) is 0. The molecule has 1 aromatic rings. The van der Waals surface area contributed by atoms with E-state index in [1.807, 2.05) is 6.07 Å². The molecule has 0 heterocycles. The summed E-state index contributed by atoms with van der Waals surface area (Å²) in [5.41, 5.74) is 1.32. The SMILES string of the molecule is C/C(=C(/Cl)C#N)c1ccc([N+](=O)[O-])cc1. The lowest BCUT2D eigenvalue weighted by atomic mass is 10.1. The minimum absolute atomic E-state index is 0.0135. The Morgan fingerprint density at radius 3 is 2.40 bits per heavy atom. The van der Waals surface area contributed by atoms with Crippen LogP contribution in [0.3, 0.4) is 0 Å². The summed E-state index contributed by atoms with van der Waals surface area (Å²) in [5, 5.41) is 19.0. The van der Waals surface area contributed by atoms with Gasteiger partial charge in [0.25, 0.3) is 5.69 Å². The molecule has 76 valence electrons. The fourth-order valence-corrected chi connectivity index (χ4v) is 1.15. The second-order valence-electron chi connectivity index (χ2n) is 2.85. The second-order valence-corrected chi connectivity index (χ2v) is 3.23. The molecule has 15 heavy (non-hydrogen) atoms. The average molecular weight is 223 g/mol. The van der Waals surface area contributed by atoms with Gasteiger partial charge in [-0.25, -0.2) is 0 Å². The van der Waals surface area contributed by atoms with Crippen LogP contribution in [-0.2, 0) is 0 Å². The summed E-state index contributed by atoms with van der Waals surface area (Å²) in [5.74, 6) is 0. The molecule has 0 aliphatic heterocycles. The van der Waals surface area contributed by atoms with Gasteiger partial charge in [-0.1, -0.05) is 11.6 Å². The van der Waals surface area contributed by atoms with Gasteiger partial charge in [0.05, 0.1) is 4.92 Å². The van der Waals surface area contributed by atoms with Crippen molar-refractivity contribution >= 4 is 22.9 Å². The van der Waals surface area contributed by atoms with E-state index < -0.39 is 4.92 Å². The predicted octanol–water partition coefficient (Wildman–Crippen LogP) is 3.09. The fourth-order valence-electron chi connectivity index (χ4n) is 1.04. The number of benzene rings is 1. The van der Waals surface area contributed by atoms with Crippen molar-refractivity contribution in [3.63, 3.8) is 0 Å². The highest BCUT2D eigenvalue weighted by molar-refractivity contribution is 6.34. The van der Waals surface area contributed by atoms with Crippen molar-refractivity contribution < 1.29 is 4.92 Å². The molecule has 0 aliphatic rings. The molecule has 0 fully saturated rings. The van der Waals surface area contributed by atoms with Crippen LogP contribution in [0.1, 0.15) is 12.5 Å². The lowest BCUT2D eigenvalue weighted by molar-refractivity contribution is -0.384. The minimum atomic E-state index is -0.477. The van der Waals surface area contributed by atoms with Gasteiger partial charge < -0.3 is 0 Å². The number of nitriles is 1. The molecule has 1 rings (SSSR count). The number of halogens is 1. The Balaban J connectivity index is 3.11. The third kappa shape index (κ3) is 2.55. The van der Waals surface area contributed by atoms with Gasteiger partial charge in [-0.3, -0.25) is 10.1 Å². The van der Waals surface area contributed by atoms with E-state index in [1.165, 1.54) is 12.1 Å². The van der Waals surface area contributed by atoms with Crippen LogP contribution in [0.2, 0.25) is 0 Å². The van der Waals surface area contributed by atoms with E-state index in [2.05, 4.69) is 0 Å². The summed E-state index contributed by atoms with van der Waals surface area (Å²) in [6.07, 6.45) is 0. The Hall–Kier alpha value is -1.86. The zero-order chi connectivity index (χ0) is 11.4. The summed E-state index contributed by atoms with van der Waals surface area (Å²) in [4.78, 5) is 9.91. The zero-order valence-corrected chi connectivity index (χ0v) is 8.65. The summed E-state index contributed by atoms with van der Waals surface area (Å²) in [7, 11) is 0. The van der Waals surface area contributed by atoms with Crippen LogP contribution < -0.4 is 0 Å². The van der Waals surface area contributed by atoms with E-state index in [9.17, 15) is 10.1 Å². The molecule has 0 amide bonds. The van der Waals surface area contributed by atoms with Crippen molar-refractivity contribution in [3.8, 4) is 6.07 Å². The Bertz CT molecular complexity index is 457. The maximum Gasteiger partial charge on any atom is 0.269 e. The van der Waals surface area contributed by atoms with E-state index in [0.29, 0.717) is 11.1 Å². The Labute approximate surface area is 91.6 Å². The van der Waals surface area contributed by atoms with E-state index in [4.69, 9.17) is 16.9 Å². The number of hydrogen-bond acceptors (Lipinski definition) is 3. The third-order valence-electron chi connectivity index (χ3n) is 1.94. The lowest BCUT2D eigenvalue weighted by Crippen LogP contribution is -1.88. The van der Waals surface area contributed by atoms with Crippen LogP contribution in [0.5, 0.6) is 0 Å². The minimum Gasteiger partial charge on any atom is -0.258 e. The van der Waals surface area contributed by atoms with Crippen LogP contribution in [0.15, 0.2) is 29.3 Å². The van der Waals surface area contributed by atoms with E-state index >= 15 is 0 Å². The van der Waals surface area contributed by atoms with E-state index in [1.54, 1.807) is 19.1 Å². The van der Waals surface area contributed by atoms with Gasteiger partial charge in [-0.05, 0) is 30.2 Å². The fraction of sp³-hybridized carbons (Fsp3) is 0.100. The molecule has 0 aromatic heterocycles. The number of non-ortho nitro benzene ring substituents is 1. The molecule has 1 aromatic carbocycles. The maximum atomic E-state index is 10.4. The highest BCUT2D eigenvalue weighted by Gasteiger charge is 2.06. The molecule has 0 spiro atoms. The van der Waals surface area contributed by atoms with Crippen LogP contribution in [0.25, 0.3) is 5.57 Å². The topological polar surface area (TPSA) is 66.9 Å². The van der Waals surface area contributed by atoms with Crippen LogP contribution in [0.4, 0.5) is 5.69 Å². The molecule has 0 unspecified atom stereocenters. The monoisotopic (exact) mass is 222 g/mol. The highest BCUT2D eigenvalue weighted by atomic mass is 35.5. The lowest BCUT2D eigenvalue weighted by Gasteiger charge is -2.00. The molecule has 0 aliphatic carbocycles. The number of nitro benzene ring substituents is 1. The summed E-state index contributed by atoms with van der Waals surface area (Å²) in [6, 6.07) is 7.69. The van der Waals surface area contributed by atoms with E-state index in [0.717, 1.165) is 0 Å². The molecule has 0 radical (unpaired) electrons. The first-order valence-corrected chi connectivity index (χ1v) is 4.45. The first-order valence-electron chi connectivity index (χ1n) is 4.07. The molecular weight excluding hydrogens is 216 g/mol. The molecular formula is C10H7ClN2O2. The van der Waals surface area contributed by atoms with Gasteiger partial charge in [-0.2, -0.15) is 5.26 Å². The van der Waals surface area contributed by atoms with Crippen molar-refractivity contribution in [1.29, 1.82) is 5.26 Å².